The molecule has 2 heterocycles. The minimum atomic E-state index is -0.813. The first-order valence-electron chi connectivity index (χ1n) is 11.7. The fourth-order valence-corrected chi connectivity index (χ4v) is 4.51. The number of rotatable bonds is 7. The Bertz CT molecular complexity index is 1170. The Morgan fingerprint density at radius 2 is 1.91 bits per heavy atom. The van der Waals surface area contributed by atoms with Crippen molar-refractivity contribution in [3.05, 3.63) is 59.4 Å². The van der Waals surface area contributed by atoms with Gasteiger partial charge in [0, 0.05) is 23.3 Å². The van der Waals surface area contributed by atoms with Crippen LogP contribution in [0.25, 0.3) is 11.3 Å². The molecule has 0 radical (unpaired) electrons. The molecule has 1 amide bonds. The lowest BCUT2D eigenvalue weighted by atomic mass is 10.0. The molecule has 6 nitrogen and oxygen atoms in total. The Morgan fingerprint density at radius 1 is 1.15 bits per heavy atom. The summed E-state index contributed by atoms with van der Waals surface area (Å²) in [6, 6.07) is 12.0. The molecule has 0 aliphatic carbocycles. The van der Waals surface area contributed by atoms with Crippen molar-refractivity contribution in [1.29, 1.82) is 0 Å². The Labute approximate surface area is 204 Å². The summed E-state index contributed by atoms with van der Waals surface area (Å²) in [6.07, 6.45) is 1.05. The van der Waals surface area contributed by atoms with Crippen molar-refractivity contribution >= 4 is 23.4 Å². The molecule has 0 unspecified atom stereocenters. The third kappa shape index (κ3) is 5.06. The number of benzene rings is 2. The second kappa shape index (κ2) is 10.5. The van der Waals surface area contributed by atoms with E-state index in [-0.39, 0.29) is 11.7 Å². The van der Waals surface area contributed by atoms with E-state index < -0.39 is 6.23 Å². The van der Waals surface area contributed by atoms with Crippen molar-refractivity contribution < 1.29 is 13.9 Å². The van der Waals surface area contributed by atoms with E-state index in [0.29, 0.717) is 46.7 Å². The van der Waals surface area contributed by atoms with E-state index in [4.69, 9.17) is 4.74 Å². The summed E-state index contributed by atoms with van der Waals surface area (Å²) in [7, 11) is 0. The maximum atomic E-state index is 13.7. The first-order chi connectivity index (χ1) is 16.4. The van der Waals surface area contributed by atoms with Crippen LogP contribution in [0.2, 0.25) is 0 Å². The van der Waals surface area contributed by atoms with Crippen LogP contribution in [0.1, 0.15) is 57.9 Å². The molecule has 2 aromatic carbocycles. The molecule has 34 heavy (non-hydrogen) atoms. The van der Waals surface area contributed by atoms with Gasteiger partial charge in [-0.15, -0.1) is 10.2 Å². The van der Waals surface area contributed by atoms with E-state index in [9.17, 15) is 9.18 Å². The van der Waals surface area contributed by atoms with Gasteiger partial charge in [-0.05, 0) is 48.6 Å². The Hall–Kier alpha value is -3.00. The minimum Gasteiger partial charge on any atom is -0.447 e. The van der Waals surface area contributed by atoms with E-state index in [1.165, 1.54) is 23.9 Å². The second-order valence-electron chi connectivity index (χ2n) is 8.69. The number of fused-ring (bicyclic) bond motifs is 3. The van der Waals surface area contributed by atoms with Crippen LogP contribution < -0.4 is 9.64 Å². The van der Waals surface area contributed by atoms with Gasteiger partial charge in [0.25, 0.3) is 0 Å². The first-order valence-corrected chi connectivity index (χ1v) is 12.6. The molecular formula is C26H29FN4O2S. The highest BCUT2D eigenvalue weighted by Crippen LogP contribution is 2.44. The van der Waals surface area contributed by atoms with E-state index >= 15 is 0 Å². The predicted molar refractivity (Wildman–Crippen MR) is 132 cm³/mol. The lowest BCUT2D eigenvalue weighted by Crippen LogP contribution is -2.37. The summed E-state index contributed by atoms with van der Waals surface area (Å²) in [4.78, 5) is 19.8. The van der Waals surface area contributed by atoms with Gasteiger partial charge in [0.1, 0.15) is 5.82 Å². The van der Waals surface area contributed by atoms with Crippen molar-refractivity contribution in [2.75, 3.05) is 10.7 Å². The summed E-state index contributed by atoms with van der Waals surface area (Å²) in [5.41, 5.74) is 3.69. The third-order valence-electron chi connectivity index (χ3n) is 5.51. The van der Waals surface area contributed by atoms with E-state index in [2.05, 4.69) is 36.0 Å². The lowest BCUT2D eigenvalue weighted by molar-refractivity contribution is -0.120. The van der Waals surface area contributed by atoms with E-state index in [1.807, 2.05) is 25.1 Å². The molecule has 0 fully saturated rings. The van der Waals surface area contributed by atoms with Crippen molar-refractivity contribution in [3.8, 4) is 17.1 Å². The first kappa shape index (κ1) is 24.1. The molecule has 0 saturated carbocycles. The zero-order chi connectivity index (χ0) is 24.2. The van der Waals surface area contributed by atoms with Gasteiger partial charge in [0.05, 0.1) is 5.69 Å². The molecule has 4 rings (SSSR count). The number of anilines is 1. The average Bonchev–Trinajstić information content (AvgIpc) is 2.97. The molecule has 1 aliphatic rings. The van der Waals surface area contributed by atoms with Crippen LogP contribution in [0.4, 0.5) is 10.1 Å². The maximum Gasteiger partial charge on any atom is 0.247 e. The minimum absolute atomic E-state index is 0.0857. The molecule has 0 saturated heterocycles. The Morgan fingerprint density at radius 3 is 2.59 bits per heavy atom. The van der Waals surface area contributed by atoms with Gasteiger partial charge in [-0.3, -0.25) is 9.69 Å². The van der Waals surface area contributed by atoms with Crippen molar-refractivity contribution in [2.45, 2.75) is 58.3 Å². The summed E-state index contributed by atoms with van der Waals surface area (Å²) in [5.74, 6) is 1.19. The van der Waals surface area contributed by atoms with Crippen molar-refractivity contribution in [3.63, 3.8) is 0 Å². The molecule has 3 aromatic rings. The highest BCUT2D eigenvalue weighted by molar-refractivity contribution is 7.99. The van der Waals surface area contributed by atoms with Crippen LogP contribution in [0.5, 0.6) is 5.88 Å². The number of amides is 1. The van der Waals surface area contributed by atoms with Crippen LogP contribution in [0.3, 0.4) is 0 Å². The number of ether oxygens (including phenoxy) is 1. The van der Waals surface area contributed by atoms with Gasteiger partial charge in [0.15, 0.2) is 5.69 Å². The molecule has 0 spiro atoms. The monoisotopic (exact) mass is 480 g/mol. The number of hydrogen-bond donors (Lipinski definition) is 0. The number of aromatic nitrogens is 3. The number of carbonyl (C=O) groups excluding carboxylic acids is 1. The molecule has 0 N–H and O–H groups in total. The second-order valence-corrected chi connectivity index (χ2v) is 9.68. The van der Waals surface area contributed by atoms with Crippen LogP contribution in [0.15, 0.2) is 47.6 Å². The van der Waals surface area contributed by atoms with E-state index in [1.54, 1.807) is 17.0 Å². The number of hydrogen-bond acceptors (Lipinski definition) is 6. The molecule has 8 heteroatoms. The number of nitrogens with zero attached hydrogens (tertiary/aromatic N) is 4. The highest BCUT2D eigenvalue weighted by atomic mass is 32.2. The largest absolute Gasteiger partial charge is 0.447 e. The highest BCUT2D eigenvalue weighted by Gasteiger charge is 2.35. The number of thioether (sulfide) groups is 1. The fourth-order valence-electron chi connectivity index (χ4n) is 3.78. The van der Waals surface area contributed by atoms with Crippen molar-refractivity contribution in [2.24, 2.45) is 5.92 Å². The lowest BCUT2D eigenvalue weighted by Gasteiger charge is -2.31. The van der Waals surface area contributed by atoms with Gasteiger partial charge in [-0.2, -0.15) is 4.98 Å². The number of aryl methyl sites for hydroxylation is 1. The number of carbonyl (C=O) groups is 1. The molecular weight excluding hydrogens is 451 g/mol. The quantitative estimate of drug-likeness (QED) is 0.374. The van der Waals surface area contributed by atoms with Crippen LogP contribution in [-0.2, 0) is 11.2 Å². The molecule has 1 atom stereocenters. The molecule has 0 bridgehead atoms. The van der Waals surface area contributed by atoms with Crippen LogP contribution >= 0.6 is 11.8 Å². The van der Waals surface area contributed by atoms with Crippen molar-refractivity contribution in [1.82, 2.24) is 15.2 Å². The van der Waals surface area contributed by atoms with Gasteiger partial charge >= 0.3 is 0 Å². The SMILES string of the molecule is CCCC(=O)N1c2ccc(CC)cc2-c2nnc(SCC(C)C)nc2O[C@H]1c1ccc(F)cc1. The predicted octanol–water partition coefficient (Wildman–Crippen LogP) is 6.21. The van der Waals surface area contributed by atoms with Crippen LogP contribution in [0, 0.1) is 11.7 Å². The summed E-state index contributed by atoms with van der Waals surface area (Å²) in [6.45, 7) is 8.30. The van der Waals surface area contributed by atoms with Gasteiger partial charge in [-0.1, -0.05) is 57.7 Å². The zero-order valence-electron chi connectivity index (χ0n) is 19.9. The van der Waals surface area contributed by atoms with Gasteiger partial charge in [0.2, 0.25) is 23.2 Å². The molecule has 1 aromatic heterocycles. The zero-order valence-corrected chi connectivity index (χ0v) is 20.7. The fraction of sp³-hybridized carbons (Fsp3) is 0.385. The normalized spacial score (nSPS) is 14.9. The topological polar surface area (TPSA) is 68.2 Å². The van der Waals surface area contributed by atoms with E-state index in [0.717, 1.165) is 23.3 Å². The summed E-state index contributed by atoms with van der Waals surface area (Å²) < 4.78 is 20.1. The molecule has 1 aliphatic heterocycles. The summed E-state index contributed by atoms with van der Waals surface area (Å²) in [5, 5.41) is 9.36. The number of halogens is 1. The van der Waals surface area contributed by atoms with Gasteiger partial charge < -0.3 is 4.74 Å². The maximum absolute atomic E-state index is 13.7. The van der Waals surface area contributed by atoms with Gasteiger partial charge in [-0.25, -0.2) is 4.39 Å². The standard InChI is InChI=1S/C26H29FN4O2S/c1-5-7-22(32)31-21-13-8-17(6-2)14-20(21)23-24(28-26(30-29-23)34-15-16(3)4)33-25(31)18-9-11-19(27)12-10-18/h8-14,16,25H,5-7,15H2,1-4H3/t25-/m0/s1. The average molecular weight is 481 g/mol. The smallest absolute Gasteiger partial charge is 0.247 e. The Kier molecular flexibility index (Phi) is 7.46. The third-order valence-corrected chi connectivity index (χ3v) is 6.77. The van der Waals surface area contributed by atoms with Crippen LogP contribution in [-0.4, -0.2) is 26.8 Å². The molecule has 178 valence electrons. The Balaban J connectivity index is 1.91. The summed E-state index contributed by atoms with van der Waals surface area (Å²) >= 11 is 1.52.